The van der Waals surface area contributed by atoms with Gasteiger partial charge in [0, 0.05) is 13.1 Å². The Bertz CT molecular complexity index is 754. The van der Waals surface area contributed by atoms with Crippen molar-refractivity contribution in [2.45, 2.75) is 37.8 Å². The smallest absolute Gasteiger partial charge is 0.325 e. The normalized spacial score (nSPS) is 22.1. The molecule has 0 spiro atoms. The van der Waals surface area contributed by atoms with E-state index in [1.807, 2.05) is 35.2 Å². The third kappa shape index (κ3) is 6.60. The zero-order chi connectivity index (χ0) is 20.0. The number of carboxylic acid groups (broad SMARTS) is 1. The third-order valence-corrected chi connectivity index (χ3v) is 5.51. The predicted molar refractivity (Wildman–Crippen MR) is 102 cm³/mol. The molecule has 27 heavy (non-hydrogen) atoms. The number of sulfonamides is 1. The van der Waals surface area contributed by atoms with Crippen LogP contribution in [0.5, 0.6) is 0 Å². The van der Waals surface area contributed by atoms with E-state index in [2.05, 4.69) is 10.0 Å². The lowest BCUT2D eigenvalue weighted by Gasteiger charge is -2.39. The topological polar surface area (TPSA) is 116 Å². The molecule has 0 bridgehead atoms. The number of carbonyl (C=O) groups is 2. The van der Waals surface area contributed by atoms with E-state index in [-0.39, 0.29) is 18.4 Å². The highest BCUT2D eigenvalue weighted by molar-refractivity contribution is 7.88. The Hall–Kier alpha value is -1.97. The van der Waals surface area contributed by atoms with E-state index in [0.717, 1.165) is 18.2 Å². The minimum absolute atomic E-state index is 0.196. The number of nitrogens with one attached hydrogen (secondary N) is 2. The lowest BCUT2D eigenvalue weighted by molar-refractivity contribution is -0.142. The van der Waals surface area contributed by atoms with Crippen LogP contribution >= 0.6 is 0 Å². The summed E-state index contributed by atoms with van der Waals surface area (Å²) in [7, 11) is -3.30. The Labute approximate surface area is 160 Å². The molecule has 3 atom stereocenters. The summed E-state index contributed by atoms with van der Waals surface area (Å²) in [4.78, 5) is 25.7. The van der Waals surface area contributed by atoms with Crippen LogP contribution in [0.2, 0.25) is 0 Å². The van der Waals surface area contributed by atoms with Crippen molar-refractivity contribution in [3.8, 4) is 0 Å². The highest BCUT2D eigenvalue weighted by Crippen LogP contribution is 2.31. The fourth-order valence-corrected chi connectivity index (χ4v) is 3.79. The third-order valence-electron chi connectivity index (χ3n) is 4.78. The maximum atomic E-state index is 12.7. The van der Waals surface area contributed by atoms with Gasteiger partial charge in [0.25, 0.3) is 0 Å². The van der Waals surface area contributed by atoms with Crippen molar-refractivity contribution in [1.82, 2.24) is 14.9 Å². The first-order chi connectivity index (χ1) is 12.7. The first-order valence-electron chi connectivity index (χ1n) is 8.94. The number of rotatable bonds is 8. The first kappa shape index (κ1) is 21.3. The molecule has 2 rings (SSSR count). The molecule has 1 saturated heterocycles. The average Bonchev–Trinajstić information content (AvgIpc) is 2.61. The summed E-state index contributed by atoms with van der Waals surface area (Å²) in [5.74, 6) is -1.24. The molecule has 1 heterocycles. The van der Waals surface area contributed by atoms with E-state index >= 15 is 0 Å². The van der Waals surface area contributed by atoms with E-state index in [9.17, 15) is 18.0 Å². The van der Waals surface area contributed by atoms with Gasteiger partial charge in [-0.2, -0.15) is 0 Å². The molecule has 0 aromatic heterocycles. The number of amides is 1. The number of nitrogens with zero attached hydrogens (tertiary/aromatic N) is 1. The SMILES string of the molecule is CC(NC(=O)[C@H]1C[C@@H](c2ccccc2)CCN1CCNS(C)(=O)=O)C(=O)O. The molecule has 9 heteroatoms. The molecule has 0 aliphatic carbocycles. The highest BCUT2D eigenvalue weighted by atomic mass is 32.2. The molecule has 0 radical (unpaired) electrons. The summed E-state index contributed by atoms with van der Waals surface area (Å²) in [6.07, 6.45) is 2.50. The number of carboxylic acids is 1. The van der Waals surface area contributed by atoms with Crippen molar-refractivity contribution in [3.05, 3.63) is 35.9 Å². The van der Waals surface area contributed by atoms with E-state index in [1.54, 1.807) is 0 Å². The van der Waals surface area contributed by atoms with E-state index in [1.165, 1.54) is 6.92 Å². The molecule has 1 fully saturated rings. The number of carbonyl (C=O) groups excluding carboxylic acids is 1. The van der Waals surface area contributed by atoms with Crippen LogP contribution in [0, 0.1) is 0 Å². The molecule has 1 unspecified atom stereocenters. The molecular formula is C18H27N3O5S. The average molecular weight is 397 g/mol. The number of hydrogen-bond donors (Lipinski definition) is 3. The van der Waals surface area contributed by atoms with Crippen LogP contribution in [0.1, 0.15) is 31.2 Å². The number of hydrogen-bond acceptors (Lipinski definition) is 5. The van der Waals surface area contributed by atoms with Crippen molar-refractivity contribution >= 4 is 21.9 Å². The summed E-state index contributed by atoms with van der Waals surface area (Å²) < 4.78 is 25.0. The van der Waals surface area contributed by atoms with Crippen molar-refractivity contribution in [1.29, 1.82) is 0 Å². The van der Waals surface area contributed by atoms with Crippen LogP contribution in [0.15, 0.2) is 30.3 Å². The van der Waals surface area contributed by atoms with Crippen LogP contribution in [-0.4, -0.2) is 68.3 Å². The molecular weight excluding hydrogens is 370 g/mol. The zero-order valence-electron chi connectivity index (χ0n) is 15.6. The second kappa shape index (κ2) is 9.29. The first-order valence-corrected chi connectivity index (χ1v) is 10.8. The van der Waals surface area contributed by atoms with Gasteiger partial charge in [-0.15, -0.1) is 0 Å². The fraction of sp³-hybridized carbons (Fsp3) is 0.556. The van der Waals surface area contributed by atoms with Crippen molar-refractivity contribution in [2.75, 3.05) is 25.9 Å². The lowest BCUT2D eigenvalue weighted by Crippen LogP contribution is -2.55. The second-order valence-electron chi connectivity index (χ2n) is 6.92. The summed E-state index contributed by atoms with van der Waals surface area (Å²) >= 11 is 0. The van der Waals surface area contributed by atoms with Gasteiger partial charge in [-0.05, 0) is 37.8 Å². The standard InChI is InChI=1S/C18H27N3O5S/c1-13(18(23)24)20-17(22)16-12-15(14-6-4-3-5-7-14)8-10-21(16)11-9-19-27(2,25)26/h3-7,13,15-16,19H,8-12H2,1-2H3,(H,20,22)(H,23,24)/t13?,15-,16+/m0/s1. The Morgan fingerprint density at radius 3 is 2.56 bits per heavy atom. The zero-order valence-corrected chi connectivity index (χ0v) is 16.4. The number of piperidine rings is 1. The Kier molecular flexibility index (Phi) is 7.34. The number of aliphatic carboxylic acids is 1. The van der Waals surface area contributed by atoms with Crippen molar-refractivity contribution in [2.24, 2.45) is 0 Å². The van der Waals surface area contributed by atoms with Crippen LogP contribution in [0.3, 0.4) is 0 Å². The highest BCUT2D eigenvalue weighted by Gasteiger charge is 2.34. The van der Waals surface area contributed by atoms with Gasteiger partial charge in [0.05, 0.1) is 12.3 Å². The molecule has 1 amide bonds. The Morgan fingerprint density at radius 2 is 1.96 bits per heavy atom. The minimum Gasteiger partial charge on any atom is -0.480 e. The summed E-state index contributed by atoms with van der Waals surface area (Å²) in [6.45, 7) is 2.64. The van der Waals surface area contributed by atoms with Gasteiger partial charge in [-0.1, -0.05) is 30.3 Å². The van der Waals surface area contributed by atoms with Crippen molar-refractivity contribution in [3.63, 3.8) is 0 Å². The lowest BCUT2D eigenvalue weighted by atomic mass is 9.85. The van der Waals surface area contributed by atoms with Gasteiger partial charge in [0.15, 0.2) is 0 Å². The van der Waals surface area contributed by atoms with E-state index in [4.69, 9.17) is 5.11 Å². The maximum Gasteiger partial charge on any atom is 0.325 e. The minimum atomic E-state index is -3.30. The summed E-state index contributed by atoms with van der Waals surface area (Å²) in [6, 6.07) is 8.42. The van der Waals surface area contributed by atoms with Gasteiger partial charge >= 0.3 is 5.97 Å². The molecule has 1 aromatic rings. The Balaban J connectivity index is 2.10. The van der Waals surface area contributed by atoms with Crippen LogP contribution in [0.25, 0.3) is 0 Å². The second-order valence-corrected chi connectivity index (χ2v) is 8.75. The molecule has 150 valence electrons. The monoisotopic (exact) mass is 397 g/mol. The molecule has 3 N–H and O–H groups in total. The maximum absolute atomic E-state index is 12.7. The predicted octanol–water partition coefficient (Wildman–Crippen LogP) is 0.373. The van der Waals surface area contributed by atoms with Crippen LogP contribution in [0.4, 0.5) is 0 Å². The van der Waals surface area contributed by atoms with Gasteiger partial charge in [-0.3, -0.25) is 14.5 Å². The molecule has 1 aromatic carbocycles. The van der Waals surface area contributed by atoms with Gasteiger partial charge in [-0.25, -0.2) is 13.1 Å². The fourth-order valence-electron chi connectivity index (χ4n) is 3.33. The van der Waals surface area contributed by atoms with Crippen LogP contribution < -0.4 is 10.0 Å². The molecule has 1 aliphatic rings. The molecule has 8 nitrogen and oxygen atoms in total. The molecule has 1 aliphatic heterocycles. The quantitative estimate of drug-likeness (QED) is 0.584. The van der Waals surface area contributed by atoms with Gasteiger partial charge in [0.1, 0.15) is 6.04 Å². The largest absolute Gasteiger partial charge is 0.480 e. The van der Waals surface area contributed by atoms with Gasteiger partial charge < -0.3 is 10.4 Å². The Morgan fingerprint density at radius 1 is 1.30 bits per heavy atom. The van der Waals surface area contributed by atoms with Crippen LogP contribution in [-0.2, 0) is 19.6 Å². The summed E-state index contributed by atoms with van der Waals surface area (Å²) in [5.41, 5.74) is 1.15. The van der Waals surface area contributed by atoms with E-state index in [0.29, 0.717) is 19.5 Å². The van der Waals surface area contributed by atoms with Gasteiger partial charge in [0.2, 0.25) is 15.9 Å². The number of likely N-dealkylation sites (tertiary alicyclic amines) is 1. The van der Waals surface area contributed by atoms with Crippen molar-refractivity contribution < 1.29 is 23.1 Å². The molecule has 0 saturated carbocycles. The van der Waals surface area contributed by atoms with E-state index < -0.39 is 28.1 Å². The number of benzene rings is 1. The summed E-state index contributed by atoms with van der Waals surface area (Å²) in [5, 5.41) is 11.6.